The Morgan fingerprint density at radius 3 is 2.64 bits per heavy atom. The van der Waals surface area contributed by atoms with E-state index in [0.717, 1.165) is 0 Å². The van der Waals surface area contributed by atoms with E-state index < -0.39 is 24.0 Å². The number of alkyl halides is 2. The second-order valence-corrected chi connectivity index (χ2v) is 6.76. The van der Waals surface area contributed by atoms with Crippen molar-refractivity contribution in [1.82, 2.24) is 14.8 Å². The molecule has 1 heterocycles. The van der Waals surface area contributed by atoms with Gasteiger partial charge in [0, 0.05) is 19.2 Å². The molecule has 0 fully saturated rings. The van der Waals surface area contributed by atoms with Crippen molar-refractivity contribution in [2.45, 2.75) is 45.1 Å². The van der Waals surface area contributed by atoms with Crippen LogP contribution in [0.3, 0.4) is 0 Å². The molecule has 0 saturated heterocycles. The number of hydrogen-bond acceptors (Lipinski definition) is 4. The average molecular weight is 352 g/mol. The first-order valence-corrected chi connectivity index (χ1v) is 7.86. The van der Waals surface area contributed by atoms with E-state index in [2.05, 4.69) is 15.5 Å². The van der Waals surface area contributed by atoms with Gasteiger partial charge in [0.05, 0.1) is 5.92 Å². The predicted octanol–water partition coefficient (Wildman–Crippen LogP) is 3.75. The van der Waals surface area contributed by atoms with E-state index in [9.17, 15) is 13.6 Å². The van der Waals surface area contributed by atoms with Gasteiger partial charge < -0.3 is 9.30 Å². The van der Waals surface area contributed by atoms with Crippen LogP contribution in [0.25, 0.3) is 0 Å². The van der Waals surface area contributed by atoms with Crippen LogP contribution in [0.4, 0.5) is 19.3 Å². The molecule has 0 bridgehead atoms. The smallest absolute Gasteiger partial charge is 0.412 e. The zero-order valence-electron chi connectivity index (χ0n) is 14.7. The van der Waals surface area contributed by atoms with Crippen LogP contribution in [-0.4, -0.2) is 32.9 Å². The maximum atomic E-state index is 13.6. The maximum Gasteiger partial charge on any atom is 0.412 e. The molecule has 0 saturated carbocycles. The molecule has 0 spiro atoms. The van der Waals surface area contributed by atoms with E-state index in [1.54, 1.807) is 50.6 Å². The fourth-order valence-corrected chi connectivity index (χ4v) is 2.31. The number of anilines is 1. The number of rotatable bonds is 5. The maximum absolute atomic E-state index is 13.6. The van der Waals surface area contributed by atoms with E-state index in [-0.39, 0.29) is 6.42 Å². The van der Waals surface area contributed by atoms with Gasteiger partial charge in [0.1, 0.15) is 17.8 Å². The van der Waals surface area contributed by atoms with Gasteiger partial charge in [-0.15, -0.1) is 10.2 Å². The highest BCUT2D eigenvalue weighted by molar-refractivity contribution is 5.84. The Hall–Kier alpha value is -2.51. The van der Waals surface area contributed by atoms with Gasteiger partial charge in [-0.3, -0.25) is 5.32 Å². The summed E-state index contributed by atoms with van der Waals surface area (Å²) < 4.78 is 33.9. The molecule has 2 rings (SSSR count). The number of carbonyl (C=O) groups is 1. The number of hydrogen-bond donors (Lipinski definition) is 1. The minimum absolute atomic E-state index is 0.0457. The van der Waals surface area contributed by atoms with E-state index in [1.807, 2.05) is 0 Å². The first-order valence-electron chi connectivity index (χ1n) is 7.86. The first kappa shape index (κ1) is 18.8. The predicted molar refractivity (Wildman–Crippen MR) is 89.8 cm³/mol. The van der Waals surface area contributed by atoms with Gasteiger partial charge in [0.25, 0.3) is 0 Å². The van der Waals surface area contributed by atoms with Crippen LogP contribution < -0.4 is 5.32 Å². The van der Waals surface area contributed by atoms with Crippen molar-refractivity contribution in [2.24, 2.45) is 7.05 Å². The summed E-state index contributed by atoms with van der Waals surface area (Å²) in [5.74, 6) is -0.584. The standard InChI is InChI=1S/C17H22F2N4O2/c1-17(2,3)25-16(24)21-12-7-5-6-11(8-12)13(15(18)19)9-14-22-20-10-23(14)4/h5-8,10,13,15H,9H2,1-4H3,(H,21,24). The van der Waals surface area contributed by atoms with Gasteiger partial charge in [-0.1, -0.05) is 12.1 Å². The molecule has 8 heteroatoms. The molecule has 6 nitrogen and oxygen atoms in total. The summed E-state index contributed by atoms with van der Waals surface area (Å²) in [7, 11) is 1.71. The Balaban J connectivity index is 2.17. The number of benzene rings is 1. The molecule has 136 valence electrons. The third-order valence-corrected chi connectivity index (χ3v) is 3.47. The SMILES string of the molecule is Cn1cnnc1CC(c1cccc(NC(=O)OC(C)(C)C)c1)C(F)F. The lowest BCUT2D eigenvalue weighted by atomic mass is 9.95. The second-order valence-electron chi connectivity index (χ2n) is 6.76. The molecule has 1 unspecified atom stereocenters. The minimum Gasteiger partial charge on any atom is -0.444 e. The van der Waals surface area contributed by atoms with Gasteiger partial charge in [0.2, 0.25) is 6.43 Å². The van der Waals surface area contributed by atoms with Gasteiger partial charge in [-0.25, -0.2) is 13.6 Å². The summed E-state index contributed by atoms with van der Waals surface area (Å²) in [6, 6.07) is 6.37. The Morgan fingerprint density at radius 1 is 1.36 bits per heavy atom. The molecule has 25 heavy (non-hydrogen) atoms. The van der Waals surface area contributed by atoms with Gasteiger partial charge in [-0.2, -0.15) is 0 Å². The molecule has 1 amide bonds. The van der Waals surface area contributed by atoms with Crippen LogP contribution in [0.2, 0.25) is 0 Å². The lowest BCUT2D eigenvalue weighted by Gasteiger charge is -2.20. The lowest BCUT2D eigenvalue weighted by Crippen LogP contribution is -2.27. The minimum atomic E-state index is -2.58. The number of halogens is 2. The van der Waals surface area contributed by atoms with Crippen molar-refractivity contribution in [1.29, 1.82) is 0 Å². The highest BCUT2D eigenvalue weighted by atomic mass is 19.3. The summed E-state index contributed by atoms with van der Waals surface area (Å²) in [6.07, 6.45) is -1.69. The Kier molecular flexibility index (Phi) is 5.71. The molecule has 0 aliphatic heterocycles. The molecular formula is C17H22F2N4O2. The molecule has 0 radical (unpaired) electrons. The van der Waals surface area contributed by atoms with E-state index >= 15 is 0 Å². The van der Waals surface area contributed by atoms with Crippen LogP contribution in [0.15, 0.2) is 30.6 Å². The topological polar surface area (TPSA) is 69.0 Å². The number of aryl methyl sites for hydroxylation is 1. The zero-order chi connectivity index (χ0) is 18.6. The molecule has 1 aromatic carbocycles. The summed E-state index contributed by atoms with van der Waals surface area (Å²) in [6.45, 7) is 5.24. The second kappa shape index (κ2) is 7.58. The Morgan fingerprint density at radius 2 is 2.08 bits per heavy atom. The summed E-state index contributed by atoms with van der Waals surface area (Å²) in [5, 5.41) is 10.1. The van der Waals surface area contributed by atoms with Crippen LogP contribution in [0.1, 0.15) is 38.1 Å². The molecule has 1 aromatic heterocycles. The van der Waals surface area contributed by atoms with Crippen molar-refractivity contribution in [3.05, 3.63) is 42.0 Å². The monoisotopic (exact) mass is 352 g/mol. The molecular weight excluding hydrogens is 330 g/mol. The van der Waals surface area contributed by atoms with Crippen molar-refractivity contribution in [2.75, 3.05) is 5.32 Å². The van der Waals surface area contributed by atoms with Crippen LogP contribution in [0, 0.1) is 0 Å². The molecule has 2 aromatic rings. The zero-order valence-corrected chi connectivity index (χ0v) is 14.7. The Bertz CT molecular complexity index is 725. The van der Waals surface area contributed by atoms with E-state index in [0.29, 0.717) is 17.1 Å². The van der Waals surface area contributed by atoms with Crippen molar-refractivity contribution in [3.63, 3.8) is 0 Å². The average Bonchev–Trinajstić information content (AvgIpc) is 2.87. The molecule has 1 atom stereocenters. The fraction of sp³-hybridized carbons (Fsp3) is 0.471. The fourth-order valence-electron chi connectivity index (χ4n) is 2.31. The third-order valence-electron chi connectivity index (χ3n) is 3.47. The third kappa shape index (κ3) is 5.51. The highest BCUT2D eigenvalue weighted by Gasteiger charge is 2.25. The summed E-state index contributed by atoms with van der Waals surface area (Å²) >= 11 is 0. The number of ether oxygens (including phenoxy) is 1. The Labute approximate surface area is 145 Å². The number of nitrogens with one attached hydrogen (secondary N) is 1. The van der Waals surface area contributed by atoms with Gasteiger partial charge in [-0.05, 0) is 38.5 Å². The van der Waals surface area contributed by atoms with Crippen molar-refractivity contribution < 1.29 is 18.3 Å². The summed E-state index contributed by atoms with van der Waals surface area (Å²) in [5.41, 5.74) is 0.167. The number of aromatic nitrogens is 3. The first-order chi connectivity index (χ1) is 11.7. The van der Waals surface area contributed by atoms with Crippen LogP contribution in [0.5, 0.6) is 0 Å². The summed E-state index contributed by atoms with van der Waals surface area (Å²) in [4.78, 5) is 11.8. The van der Waals surface area contributed by atoms with Crippen LogP contribution in [-0.2, 0) is 18.2 Å². The number of amides is 1. The molecule has 1 N–H and O–H groups in total. The van der Waals surface area contributed by atoms with E-state index in [4.69, 9.17) is 4.74 Å². The highest BCUT2D eigenvalue weighted by Crippen LogP contribution is 2.28. The van der Waals surface area contributed by atoms with E-state index in [1.165, 1.54) is 12.4 Å². The largest absolute Gasteiger partial charge is 0.444 e. The normalized spacial score (nSPS) is 12.9. The number of nitrogens with zero attached hydrogens (tertiary/aromatic N) is 3. The van der Waals surface area contributed by atoms with Crippen LogP contribution >= 0.6 is 0 Å². The number of carbonyl (C=O) groups excluding carboxylic acids is 1. The lowest BCUT2D eigenvalue weighted by molar-refractivity contribution is 0.0636. The molecule has 0 aliphatic carbocycles. The quantitative estimate of drug-likeness (QED) is 0.890. The van der Waals surface area contributed by atoms with Crippen molar-refractivity contribution in [3.8, 4) is 0 Å². The molecule has 0 aliphatic rings. The van der Waals surface area contributed by atoms with Crippen molar-refractivity contribution >= 4 is 11.8 Å². The van der Waals surface area contributed by atoms with Gasteiger partial charge >= 0.3 is 6.09 Å². The van der Waals surface area contributed by atoms with Gasteiger partial charge in [0.15, 0.2) is 0 Å².